The minimum absolute atomic E-state index is 0.0950. The van der Waals surface area contributed by atoms with Crippen molar-refractivity contribution in [3.8, 4) is 0 Å². The lowest BCUT2D eigenvalue weighted by Gasteiger charge is -2.42. The molecule has 0 saturated heterocycles. The summed E-state index contributed by atoms with van der Waals surface area (Å²) in [5, 5.41) is 11.0. The number of halogens is 2. The van der Waals surface area contributed by atoms with Gasteiger partial charge in [0.05, 0.1) is 6.10 Å². The molecule has 2 aliphatic rings. The number of aliphatic hydroxyl groups is 1. The summed E-state index contributed by atoms with van der Waals surface area (Å²) in [6.07, 6.45) is 1.50. The number of rotatable bonds is 6. The topological polar surface area (TPSA) is 65.0 Å². The Hall–Kier alpha value is 0.210. The predicted molar refractivity (Wildman–Crippen MR) is 84.9 cm³/mol. The van der Waals surface area contributed by atoms with Crippen molar-refractivity contribution in [3.63, 3.8) is 0 Å². The van der Waals surface area contributed by atoms with Crippen molar-refractivity contribution in [2.45, 2.75) is 45.9 Å². The minimum Gasteiger partial charge on any atom is -0.380 e. The molecular weight excluding hydrogens is 408 g/mol. The maximum atomic E-state index is 13.0. The van der Waals surface area contributed by atoms with Gasteiger partial charge in [0.15, 0.2) is 10.1 Å². The molecule has 2 fully saturated rings. The number of ketones is 1. The second-order valence-electron chi connectivity index (χ2n) is 5.37. The number of Topliss-reactive ketones (excluding diaryl/α,β-unsaturated/α-hetero) is 1. The number of alkyl halides is 2. The molecule has 0 heterocycles. The van der Waals surface area contributed by atoms with Crippen LogP contribution in [0.4, 0.5) is 0 Å². The van der Waals surface area contributed by atoms with Crippen LogP contribution in [0.15, 0.2) is 12.7 Å². The molecule has 0 aromatic rings. The summed E-state index contributed by atoms with van der Waals surface area (Å²) in [6.45, 7) is 5.93. The summed E-state index contributed by atoms with van der Waals surface area (Å²) >= 11 is 7.06. The SMILES string of the molecule is C=CC[C@@]1(O)C(=O)[C@]2(Br)[C@H](OCC)C[C@@]1(Br)C2(OC)OC. The molecule has 2 rings (SSSR count). The van der Waals surface area contributed by atoms with Crippen molar-refractivity contribution >= 4 is 37.6 Å². The molecule has 0 unspecified atom stereocenters. The van der Waals surface area contributed by atoms with E-state index in [0.29, 0.717) is 13.0 Å². The van der Waals surface area contributed by atoms with Crippen LogP contribution in [0.5, 0.6) is 0 Å². The Labute approximate surface area is 141 Å². The molecule has 0 aromatic carbocycles. The van der Waals surface area contributed by atoms with Crippen LogP contribution in [0.25, 0.3) is 0 Å². The molecule has 21 heavy (non-hydrogen) atoms. The fourth-order valence-corrected chi connectivity index (χ4v) is 6.61. The van der Waals surface area contributed by atoms with Gasteiger partial charge in [0, 0.05) is 27.2 Å². The maximum absolute atomic E-state index is 13.0. The summed E-state index contributed by atoms with van der Waals surface area (Å²) in [5.74, 6) is -1.80. The molecule has 0 spiro atoms. The second-order valence-corrected chi connectivity index (χ2v) is 7.97. The summed E-state index contributed by atoms with van der Waals surface area (Å²) in [5.41, 5.74) is -1.68. The summed E-state index contributed by atoms with van der Waals surface area (Å²) < 4.78 is 14.5. The van der Waals surface area contributed by atoms with Crippen molar-refractivity contribution in [2.24, 2.45) is 0 Å². The van der Waals surface area contributed by atoms with E-state index >= 15 is 0 Å². The van der Waals surface area contributed by atoms with Gasteiger partial charge >= 0.3 is 0 Å². The molecule has 2 bridgehead atoms. The van der Waals surface area contributed by atoms with Gasteiger partial charge in [-0.1, -0.05) is 37.9 Å². The molecule has 0 aromatic heterocycles. The third-order valence-electron chi connectivity index (χ3n) is 4.66. The van der Waals surface area contributed by atoms with Gasteiger partial charge in [-0.25, -0.2) is 0 Å². The van der Waals surface area contributed by atoms with E-state index in [1.54, 1.807) is 0 Å². The number of hydrogen-bond donors (Lipinski definition) is 1. The van der Waals surface area contributed by atoms with Gasteiger partial charge in [-0.3, -0.25) is 4.79 Å². The molecule has 1 N–H and O–H groups in total. The third kappa shape index (κ3) is 1.68. The Morgan fingerprint density at radius 2 is 2.00 bits per heavy atom. The van der Waals surface area contributed by atoms with E-state index in [0.717, 1.165) is 0 Å². The smallest absolute Gasteiger partial charge is 0.212 e. The Morgan fingerprint density at radius 1 is 1.43 bits per heavy atom. The van der Waals surface area contributed by atoms with Crippen molar-refractivity contribution in [1.29, 1.82) is 0 Å². The lowest BCUT2D eigenvalue weighted by atomic mass is 9.79. The fourth-order valence-electron chi connectivity index (χ4n) is 3.79. The first-order valence-corrected chi connectivity index (χ1v) is 8.32. The van der Waals surface area contributed by atoms with Crippen molar-refractivity contribution in [1.82, 2.24) is 0 Å². The van der Waals surface area contributed by atoms with Crippen LogP contribution in [0.3, 0.4) is 0 Å². The van der Waals surface area contributed by atoms with E-state index in [4.69, 9.17) is 14.2 Å². The molecule has 2 aliphatic carbocycles. The molecule has 0 radical (unpaired) electrons. The van der Waals surface area contributed by atoms with Crippen LogP contribution in [-0.2, 0) is 19.0 Å². The molecule has 120 valence electrons. The number of carbonyl (C=O) groups excluding carboxylic acids is 1. The van der Waals surface area contributed by atoms with Crippen molar-refractivity contribution < 1.29 is 24.1 Å². The van der Waals surface area contributed by atoms with Gasteiger partial charge in [-0.15, -0.1) is 6.58 Å². The first-order chi connectivity index (χ1) is 9.75. The van der Waals surface area contributed by atoms with Crippen LogP contribution in [0.2, 0.25) is 0 Å². The first-order valence-electron chi connectivity index (χ1n) is 6.73. The first kappa shape index (κ1) is 17.6. The molecule has 0 aliphatic heterocycles. The maximum Gasteiger partial charge on any atom is 0.212 e. The lowest BCUT2D eigenvalue weighted by Crippen LogP contribution is -2.59. The number of fused-ring (bicyclic) bond motifs is 2. The zero-order valence-corrected chi connectivity index (χ0v) is 15.5. The highest BCUT2D eigenvalue weighted by molar-refractivity contribution is 9.11. The quantitative estimate of drug-likeness (QED) is 0.398. The molecule has 4 atom stereocenters. The number of methoxy groups -OCH3 is 2. The summed E-state index contributed by atoms with van der Waals surface area (Å²) in [4.78, 5) is 13.0. The molecule has 0 amide bonds. The lowest BCUT2D eigenvalue weighted by molar-refractivity contribution is -0.227. The van der Waals surface area contributed by atoms with E-state index in [2.05, 4.69) is 38.4 Å². The highest BCUT2D eigenvalue weighted by Crippen LogP contribution is 2.70. The standard InChI is InChI=1S/C14H20Br2O5/c1-5-7-11(18)10(17)13(16)9(21-6-2)8-12(11,15)14(13,19-3)20-4/h5,9,18H,1,6-8H2,2-4H3/t9-,11-,12+,13-/m1/s1. The third-order valence-corrected chi connectivity index (χ3v) is 7.55. The average Bonchev–Trinajstić information content (AvgIpc) is 2.70. The fraction of sp³-hybridized carbons (Fsp3) is 0.786. The number of hydrogen-bond acceptors (Lipinski definition) is 5. The Kier molecular flexibility index (Phi) is 4.50. The largest absolute Gasteiger partial charge is 0.380 e. The van der Waals surface area contributed by atoms with Crippen LogP contribution < -0.4 is 0 Å². The van der Waals surface area contributed by atoms with Crippen LogP contribution in [-0.4, -0.2) is 57.9 Å². The van der Waals surface area contributed by atoms with E-state index in [1.165, 1.54) is 20.3 Å². The van der Waals surface area contributed by atoms with Crippen LogP contribution in [0.1, 0.15) is 19.8 Å². The highest BCUT2D eigenvalue weighted by Gasteiger charge is 2.89. The molecule has 5 nitrogen and oxygen atoms in total. The zero-order chi connectivity index (χ0) is 16.1. The van der Waals surface area contributed by atoms with Gasteiger partial charge in [0.1, 0.15) is 9.93 Å². The Morgan fingerprint density at radius 3 is 2.43 bits per heavy atom. The minimum atomic E-state index is -1.68. The number of ether oxygens (including phenoxy) is 3. The van der Waals surface area contributed by atoms with Gasteiger partial charge in [0.25, 0.3) is 0 Å². The van der Waals surface area contributed by atoms with E-state index < -0.39 is 31.9 Å². The van der Waals surface area contributed by atoms with Crippen LogP contribution >= 0.6 is 31.9 Å². The van der Waals surface area contributed by atoms with E-state index in [9.17, 15) is 9.90 Å². The summed E-state index contributed by atoms with van der Waals surface area (Å²) in [7, 11) is 2.91. The highest BCUT2D eigenvalue weighted by atomic mass is 79.9. The van der Waals surface area contributed by atoms with E-state index in [1.807, 2.05) is 6.92 Å². The van der Waals surface area contributed by atoms with Gasteiger partial charge < -0.3 is 19.3 Å². The van der Waals surface area contributed by atoms with Crippen molar-refractivity contribution in [2.75, 3.05) is 20.8 Å². The number of carbonyl (C=O) groups is 1. The van der Waals surface area contributed by atoms with Crippen LogP contribution in [0, 0.1) is 0 Å². The van der Waals surface area contributed by atoms with Gasteiger partial charge in [-0.2, -0.15) is 0 Å². The average molecular weight is 428 g/mol. The Balaban J connectivity index is 2.68. The monoisotopic (exact) mass is 426 g/mol. The van der Waals surface area contributed by atoms with Gasteiger partial charge in [-0.05, 0) is 13.3 Å². The molecular formula is C14H20Br2O5. The van der Waals surface area contributed by atoms with E-state index in [-0.39, 0.29) is 6.42 Å². The second kappa shape index (κ2) is 5.39. The normalized spacial score (nSPS) is 44.3. The molecule has 2 saturated carbocycles. The van der Waals surface area contributed by atoms with Gasteiger partial charge in [0.2, 0.25) is 5.79 Å². The van der Waals surface area contributed by atoms with Crippen molar-refractivity contribution in [3.05, 3.63) is 12.7 Å². The predicted octanol–water partition coefficient (Wildman–Crippen LogP) is 1.94. The zero-order valence-electron chi connectivity index (χ0n) is 12.3. The summed E-state index contributed by atoms with van der Waals surface area (Å²) in [6, 6.07) is 0. The molecule has 7 heteroatoms. The Bertz CT molecular complexity index is 466.